The van der Waals surface area contributed by atoms with Crippen LogP contribution in [0.1, 0.15) is 5.56 Å². The van der Waals surface area contributed by atoms with Crippen molar-refractivity contribution in [2.24, 2.45) is 0 Å². The van der Waals surface area contributed by atoms with E-state index in [4.69, 9.17) is 25.8 Å². The third-order valence-corrected chi connectivity index (χ3v) is 3.56. The Morgan fingerprint density at radius 3 is 2.40 bits per heavy atom. The van der Waals surface area contributed by atoms with E-state index in [2.05, 4.69) is 5.32 Å². The number of amides is 1. The predicted molar refractivity (Wildman–Crippen MR) is 94.3 cm³/mol. The van der Waals surface area contributed by atoms with Crippen LogP contribution in [0.15, 0.2) is 42.5 Å². The van der Waals surface area contributed by atoms with E-state index in [-0.39, 0.29) is 6.42 Å². The molecule has 0 atom stereocenters. The van der Waals surface area contributed by atoms with E-state index in [0.717, 1.165) is 5.56 Å². The van der Waals surface area contributed by atoms with E-state index in [9.17, 15) is 9.59 Å². The van der Waals surface area contributed by atoms with Crippen LogP contribution >= 0.6 is 11.6 Å². The largest absolute Gasteiger partial charge is 0.497 e. The van der Waals surface area contributed by atoms with Gasteiger partial charge in [0.05, 0.1) is 26.3 Å². The molecule has 0 radical (unpaired) electrons. The van der Waals surface area contributed by atoms with Crippen molar-refractivity contribution in [2.75, 3.05) is 26.1 Å². The van der Waals surface area contributed by atoms with E-state index in [0.29, 0.717) is 22.2 Å². The summed E-state index contributed by atoms with van der Waals surface area (Å²) in [7, 11) is 3.01. The summed E-state index contributed by atoms with van der Waals surface area (Å²) in [5, 5.41) is 3.21. The lowest BCUT2D eigenvalue weighted by Gasteiger charge is -2.12. The molecule has 0 heterocycles. The maximum atomic E-state index is 12.0. The molecule has 7 heteroatoms. The van der Waals surface area contributed by atoms with Crippen LogP contribution in [-0.2, 0) is 20.7 Å². The SMILES string of the molecule is COc1ccc(OC)c(NC(=O)COC(=O)Cc2ccc(Cl)cc2)c1. The Hall–Kier alpha value is -2.73. The second-order valence-corrected chi connectivity index (χ2v) is 5.51. The Morgan fingerprint density at radius 2 is 1.76 bits per heavy atom. The van der Waals surface area contributed by atoms with E-state index in [1.54, 1.807) is 42.5 Å². The molecule has 0 saturated heterocycles. The number of methoxy groups -OCH3 is 2. The van der Waals surface area contributed by atoms with E-state index in [1.807, 2.05) is 0 Å². The molecule has 2 aromatic carbocycles. The molecule has 132 valence electrons. The van der Waals surface area contributed by atoms with Crippen molar-refractivity contribution in [2.45, 2.75) is 6.42 Å². The lowest BCUT2D eigenvalue weighted by Crippen LogP contribution is -2.22. The van der Waals surface area contributed by atoms with Gasteiger partial charge in [-0.1, -0.05) is 23.7 Å². The fourth-order valence-electron chi connectivity index (χ4n) is 2.06. The lowest BCUT2D eigenvalue weighted by atomic mass is 10.1. The highest BCUT2D eigenvalue weighted by Gasteiger charge is 2.12. The normalized spacial score (nSPS) is 10.0. The second-order valence-electron chi connectivity index (χ2n) is 5.08. The summed E-state index contributed by atoms with van der Waals surface area (Å²) in [5.74, 6) is 0.0589. The number of ether oxygens (including phenoxy) is 3. The molecule has 0 saturated carbocycles. The fourth-order valence-corrected chi connectivity index (χ4v) is 2.19. The van der Waals surface area contributed by atoms with Crippen molar-refractivity contribution in [1.82, 2.24) is 0 Å². The van der Waals surface area contributed by atoms with Gasteiger partial charge in [0.15, 0.2) is 6.61 Å². The number of anilines is 1. The molecule has 0 fully saturated rings. The maximum Gasteiger partial charge on any atom is 0.310 e. The summed E-state index contributed by atoms with van der Waals surface area (Å²) < 4.78 is 15.3. The lowest BCUT2D eigenvalue weighted by molar-refractivity contribution is -0.146. The van der Waals surface area contributed by atoms with Gasteiger partial charge in [-0.3, -0.25) is 9.59 Å². The third kappa shape index (κ3) is 5.69. The summed E-state index contributed by atoms with van der Waals surface area (Å²) in [5.41, 5.74) is 1.19. The summed E-state index contributed by atoms with van der Waals surface area (Å²) in [6.07, 6.45) is 0.0624. The van der Waals surface area contributed by atoms with Crippen molar-refractivity contribution in [3.63, 3.8) is 0 Å². The van der Waals surface area contributed by atoms with Gasteiger partial charge in [0.1, 0.15) is 11.5 Å². The van der Waals surface area contributed by atoms with E-state index < -0.39 is 18.5 Å². The zero-order valence-corrected chi connectivity index (χ0v) is 14.6. The molecule has 0 unspecified atom stereocenters. The van der Waals surface area contributed by atoms with Gasteiger partial charge in [-0.05, 0) is 29.8 Å². The van der Waals surface area contributed by atoms with Crippen LogP contribution < -0.4 is 14.8 Å². The average molecular weight is 364 g/mol. The molecule has 1 N–H and O–H groups in total. The van der Waals surface area contributed by atoms with Gasteiger partial charge in [-0.25, -0.2) is 0 Å². The number of esters is 1. The quantitative estimate of drug-likeness (QED) is 0.765. The molecule has 0 spiro atoms. The van der Waals surface area contributed by atoms with Crippen LogP contribution in [0, 0.1) is 0 Å². The highest BCUT2D eigenvalue weighted by Crippen LogP contribution is 2.28. The monoisotopic (exact) mass is 363 g/mol. The number of carbonyl (C=O) groups is 2. The number of hydrogen-bond acceptors (Lipinski definition) is 5. The molecular weight excluding hydrogens is 346 g/mol. The predicted octanol–water partition coefficient (Wildman–Crippen LogP) is 3.08. The molecular formula is C18H18ClNO5. The molecule has 25 heavy (non-hydrogen) atoms. The van der Waals surface area contributed by atoms with Crippen LogP contribution in [0.3, 0.4) is 0 Å². The van der Waals surface area contributed by atoms with Crippen molar-refractivity contribution >= 4 is 29.2 Å². The summed E-state index contributed by atoms with van der Waals surface area (Å²) in [6, 6.07) is 11.8. The van der Waals surface area contributed by atoms with Gasteiger partial charge in [0, 0.05) is 11.1 Å². The van der Waals surface area contributed by atoms with E-state index >= 15 is 0 Å². The minimum Gasteiger partial charge on any atom is -0.497 e. The van der Waals surface area contributed by atoms with Crippen LogP contribution in [0.2, 0.25) is 5.02 Å². The van der Waals surface area contributed by atoms with Crippen molar-refractivity contribution in [3.05, 3.63) is 53.1 Å². The van der Waals surface area contributed by atoms with Gasteiger partial charge < -0.3 is 19.5 Å². The van der Waals surface area contributed by atoms with Crippen LogP contribution in [0.5, 0.6) is 11.5 Å². The standard InChI is InChI=1S/C18H18ClNO5/c1-23-14-7-8-16(24-2)15(10-14)20-17(21)11-25-18(22)9-12-3-5-13(19)6-4-12/h3-8,10H,9,11H2,1-2H3,(H,20,21). The highest BCUT2D eigenvalue weighted by atomic mass is 35.5. The first-order valence-electron chi connectivity index (χ1n) is 7.43. The molecule has 1 amide bonds. The second kappa shape index (κ2) is 8.94. The van der Waals surface area contributed by atoms with Gasteiger partial charge in [-0.2, -0.15) is 0 Å². The van der Waals surface area contributed by atoms with Crippen molar-refractivity contribution in [3.8, 4) is 11.5 Å². The number of nitrogens with one attached hydrogen (secondary N) is 1. The first kappa shape index (κ1) is 18.6. The van der Waals surface area contributed by atoms with Crippen molar-refractivity contribution in [1.29, 1.82) is 0 Å². The maximum absolute atomic E-state index is 12.0. The molecule has 6 nitrogen and oxygen atoms in total. The Morgan fingerprint density at radius 1 is 1.04 bits per heavy atom. The van der Waals surface area contributed by atoms with Gasteiger partial charge >= 0.3 is 5.97 Å². The van der Waals surface area contributed by atoms with Crippen LogP contribution in [0.4, 0.5) is 5.69 Å². The number of carbonyl (C=O) groups excluding carboxylic acids is 2. The number of halogens is 1. The van der Waals surface area contributed by atoms with Gasteiger partial charge in [0.25, 0.3) is 5.91 Å². The smallest absolute Gasteiger partial charge is 0.310 e. The molecule has 0 aliphatic heterocycles. The zero-order chi connectivity index (χ0) is 18.2. The molecule has 2 rings (SSSR count). The Bertz CT molecular complexity index is 746. The summed E-state index contributed by atoms with van der Waals surface area (Å²) in [6.45, 7) is -0.396. The van der Waals surface area contributed by atoms with Crippen LogP contribution in [-0.4, -0.2) is 32.7 Å². The first-order chi connectivity index (χ1) is 12.0. The summed E-state index contributed by atoms with van der Waals surface area (Å²) in [4.78, 5) is 23.8. The molecule has 0 aromatic heterocycles. The molecule has 2 aromatic rings. The van der Waals surface area contributed by atoms with E-state index in [1.165, 1.54) is 14.2 Å². The number of rotatable bonds is 7. The average Bonchev–Trinajstić information content (AvgIpc) is 2.62. The summed E-state index contributed by atoms with van der Waals surface area (Å²) >= 11 is 5.79. The third-order valence-electron chi connectivity index (χ3n) is 3.31. The molecule has 0 aliphatic rings. The number of benzene rings is 2. The topological polar surface area (TPSA) is 73.9 Å². The van der Waals surface area contributed by atoms with Crippen molar-refractivity contribution < 1.29 is 23.8 Å². The highest BCUT2D eigenvalue weighted by molar-refractivity contribution is 6.30. The number of hydrogen-bond donors (Lipinski definition) is 1. The molecule has 0 aliphatic carbocycles. The minimum absolute atomic E-state index is 0.0624. The Labute approximate surface area is 150 Å². The zero-order valence-electron chi connectivity index (χ0n) is 13.9. The van der Waals surface area contributed by atoms with Gasteiger partial charge in [0.2, 0.25) is 0 Å². The Kier molecular flexibility index (Phi) is 6.65. The Balaban J connectivity index is 1.88. The van der Waals surface area contributed by atoms with Crippen LogP contribution in [0.25, 0.3) is 0 Å². The molecule has 0 bridgehead atoms. The first-order valence-corrected chi connectivity index (χ1v) is 7.81. The minimum atomic E-state index is -0.505. The fraction of sp³-hybridized carbons (Fsp3) is 0.222. The van der Waals surface area contributed by atoms with Gasteiger partial charge in [-0.15, -0.1) is 0 Å².